The molecule has 0 radical (unpaired) electrons. The minimum Gasteiger partial charge on any atom is -0.384 e. The third-order valence-electron chi connectivity index (χ3n) is 5.05. The van der Waals surface area contributed by atoms with Gasteiger partial charge in [0.05, 0.1) is 6.54 Å². The van der Waals surface area contributed by atoms with Gasteiger partial charge in [0.1, 0.15) is 17.2 Å². The van der Waals surface area contributed by atoms with Gasteiger partial charge < -0.3 is 15.7 Å². The second-order valence-corrected chi connectivity index (χ2v) is 6.86. The Balaban J connectivity index is 1.89. The molecule has 8 heteroatoms. The number of rotatable bonds is 6. The molecule has 1 atom stereocenters. The first-order valence-corrected chi connectivity index (χ1v) is 9.17. The molecule has 1 unspecified atom stereocenters. The molecule has 0 aliphatic carbocycles. The molecule has 146 valence electrons. The van der Waals surface area contributed by atoms with Crippen LogP contribution in [0, 0.1) is 5.82 Å². The maximum absolute atomic E-state index is 13.1. The van der Waals surface area contributed by atoms with E-state index < -0.39 is 12.3 Å². The highest BCUT2D eigenvalue weighted by molar-refractivity contribution is 6.20. The van der Waals surface area contributed by atoms with Gasteiger partial charge in [-0.15, -0.1) is 0 Å². The van der Waals surface area contributed by atoms with Gasteiger partial charge in [-0.25, -0.2) is 4.39 Å². The highest BCUT2D eigenvalue weighted by Crippen LogP contribution is 2.25. The highest BCUT2D eigenvalue weighted by atomic mass is 19.1. The number of ketones is 1. The van der Waals surface area contributed by atoms with Gasteiger partial charge in [-0.3, -0.25) is 19.4 Å². The number of nitrogens with two attached hydrogens (primary N) is 1. The molecule has 7 nitrogen and oxygen atoms in total. The van der Waals surface area contributed by atoms with Crippen LogP contribution < -0.4 is 5.73 Å². The summed E-state index contributed by atoms with van der Waals surface area (Å²) in [6.07, 6.45) is 0.786. The van der Waals surface area contributed by atoms with Crippen molar-refractivity contribution in [3.05, 3.63) is 47.0 Å². The summed E-state index contributed by atoms with van der Waals surface area (Å²) in [6, 6.07) is 5.78. The van der Waals surface area contributed by atoms with Gasteiger partial charge >= 0.3 is 0 Å². The van der Waals surface area contributed by atoms with Gasteiger partial charge in [0.25, 0.3) is 5.91 Å². The molecular formula is C19H25FN4O3. The number of aliphatic hydroxyl groups is 1. The summed E-state index contributed by atoms with van der Waals surface area (Å²) < 4.78 is 13.1. The van der Waals surface area contributed by atoms with Gasteiger partial charge in [-0.05, 0) is 50.6 Å². The van der Waals surface area contributed by atoms with Crippen molar-refractivity contribution >= 4 is 11.7 Å². The molecule has 2 aliphatic rings. The molecule has 0 saturated carbocycles. The second-order valence-electron chi connectivity index (χ2n) is 6.86. The van der Waals surface area contributed by atoms with Crippen molar-refractivity contribution in [1.82, 2.24) is 14.7 Å². The van der Waals surface area contributed by atoms with Crippen LogP contribution in [0.15, 0.2) is 35.7 Å². The Labute approximate surface area is 157 Å². The number of aliphatic hydroxyl groups excluding tert-OH is 1. The van der Waals surface area contributed by atoms with Crippen molar-refractivity contribution < 1.29 is 19.1 Å². The van der Waals surface area contributed by atoms with Crippen molar-refractivity contribution in [3.63, 3.8) is 0 Å². The van der Waals surface area contributed by atoms with Crippen molar-refractivity contribution in [2.45, 2.75) is 32.7 Å². The lowest BCUT2D eigenvalue weighted by Gasteiger charge is -2.42. The fourth-order valence-electron chi connectivity index (χ4n) is 3.54. The van der Waals surface area contributed by atoms with Crippen LogP contribution in [0.3, 0.4) is 0 Å². The van der Waals surface area contributed by atoms with Crippen molar-refractivity contribution in [2.75, 3.05) is 26.2 Å². The normalized spacial score (nSPS) is 21.3. The molecule has 1 aromatic carbocycles. The van der Waals surface area contributed by atoms with E-state index in [-0.39, 0.29) is 42.6 Å². The van der Waals surface area contributed by atoms with Crippen LogP contribution in [0.1, 0.15) is 25.3 Å². The van der Waals surface area contributed by atoms with Crippen LogP contribution in [0.4, 0.5) is 4.39 Å². The zero-order valence-corrected chi connectivity index (χ0v) is 15.4. The largest absolute Gasteiger partial charge is 0.384 e. The number of hydrogen-bond acceptors (Lipinski definition) is 6. The molecule has 1 aromatic rings. The van der Waals surface area contributed by atoms with Crippen LogP contribution in [-0.2, 0) is 16.1 Å². The second kappa shape index (κ2) is 8.06. The van der Waals surface area contributed by atoms with Crippen LogP contribution in [0.25, 0.3) is 0 Å². The van der Waals surface area contributed by atoms with E-state index in [4.69, 9.17) is 5.73 Å². The van der Waals surface area contributed by atoms with E-state index in [1.54, 1.807) is 19.1 Å². The number of hydrogen-bond donors (Lipinski definition) is 2. The molecule has 0 spiro atoms. The summed E-state index contributed by atoms with van der Waals surface area (Å²) in [5, 5.41) is 10.6. The zero-order chi connectivity index (χ0) is 19.6. The van der Waals surface area contributed by atoms with Crippen LogP contribution in [-0.4, -0.2) is 64.0 Å². The van der Waals surface area contributed by atoms with Gasteiger partial charge in [0.2, 0.25) is 6.35 Å². The van der Waals surface area contributed by atoms with Gasteiger partial charge in [-0.2, -0.15) is 0 Å². The maximum Gasteiger partial charge on any atom is 0.264 e. The number of benzene rings is 1. The number of halogens is 1. The SMILES string of the molecule is CCN1C(=O)C(C(=O)CN2CCCC2)=C(N)N(Cc2ccc(F)cc2)C1O. The Morgan fingerprint density at radius 1 is 1.22 bits per heavy atom. The summed E-state index contributed by atoms with van der Waals surface area (Å²) >= 11 is 0. The van der Waals surface area contributed by atoms with E-state index in [0.717, 1.165) is 25.9 Å². The van der Waals surface area contributed by atoms with E-state index in [0.29, 0.717) is 5.56 Å². The lowest BCUT2D eigenvalue weighted by Crippen LogP contribution is -2.57. The topological polar surface area (TPSA) is 90.1 Å². The fraction of sp³-hybridized carbons (Fsp3) is 0.474. The molecule has 3 rings (SSSR count). The van der Waals surface area contributed by atoms with Crippen LogP contribution in [0.5, 0.6) is 0 Å². The van der Waals surface area contributed by atoms with E-state index >= 15 is 0 Å². The number of carbonyl (C=O) groups excluding carboxylic acids is 2. The number of likely N-dealkylation sites (N-methyl/N-ethyl adjacent to an activating group) is 1. The molecule has 0 bridgehead atoms. The number of amides is 1. The number of likely N-dealkylation sites (tertiary alicyclic amines) is 1. The summed E-state index contributed by atoms with van der Waals surface area (Å²) in [5.74, 6) is -1.30. The van der Waals surface area contributed by atoms with E-state index in [2.05, 4.69) is 0 Å². The summed E-state index contributed by atoms with van der Waals surface area (Å²) in [4.78, 5) is 30.2. The average molecular weight is 376 g/mol. The highest BCUT2D eigenvalue weighted by Gasteiger charge is 2.40. The molecule has 1 fully saturated rings. The molecule has 3 N–H and O–H groups in total. The Morgan fingerprint density at radius 3 is 2.44 bits per heavy atom. The summed E-state index contributed by atoms with van der Waals surface area (Å²) in [5.41, 5.74) is 6.78. The molecule has 0 aromatic heterocycles. The monoisotopic (exact) mass is 376 g/mol. The maximum atomic E-state index is 13.1. The van der Waals surface area contributed by atoms with Gasteiger partial charge in [0.15, 0.2) is 5.78 Å². The predicted molar refractivity (Wildman–Crippen MR) is 97.2 cm³/mol. The van der Waals surface area contributed by atoms with Crippen LogP contribution >= 0.6 is 0 Å². The lowest BCUT2D eigenvalue weighted by atomic mass is 10.1. The molecule has 1 saturated heterocycles. The van der Waals surface area contributed by atoms with Crippen molar-refractivity contribution in [1.29, 1.82) is 0 Å². The molecular weight excluding hydrogens is 351 g/mol. The van der Waals surface area contributed by atoms with Crippen LogP contribution in [0.2, 0.25) is 0 Å². The molecule has 2 heterocycles. The average Bonchev–Trinajstić information content (AvgIpc) is 3.13. The van der Waals surface area contributed by atoms with Gasteiger partial charge in [-0.1, -0.05) is 12.1 Å². The Hall–Kier alpha value is -2.45. The van der Waals surface area contributed by atoms with E-state index in [1.165, 1.54) is 21.9 Å². The summed E-state index contributed by atoms with van der Waals surface area (Å²) in [7, 11) is 0. The van der Waals surface area contributed by atoms with E-state index in [9.17, 15) is 19.1 Å². The lowest BCUT2D eigenvalue weighted by molar-refractivity contribution is -0.158. The molecule has 1 amide bonds. The Kier molecular flexibility index (Phi) is 5.76. The zero-order valence-electron chi connectivity index (χ0n) is 15.4. The van der Waals surface area contributed by atoms with Gasteiger partial charge in [0, 0.05) is 13.1 Å². The third-order valence-corrected chi connectivity index (χ3v) is 5.05. The molecule has 27 heavy (non-hydrogen) atoms. The van der Waals surface area contributed by atoms with Crippen molar-refractivity contribution in [3.8, 4) is 0 Å². The third kappa shape index (κ3) is 3.96. The minimum absolute atomic E-state index is 0.0364. The van der Waals surface area contributed by atoms with E-state index in [1.807, 2.05) is 4.90 Å². The Morgan fingerprint density at radius 2 is 1.85 bits per heavy atom. The first-order chi connectivity index (χ1) is 12.9. The first kappa shape index (κ1) is 19.3. The number of carbonyl (C=O) groups is 2. The quantitative estimate of drug-likeness (QED) is 0.707. The number of Topliss-reactive ketones (excluding diaryl/α,β-unsaturated/α-hetero) is 1. The fourth-order valence-corrected chi connectivity index (χ4v) is 3.54. The number of nitrogens with zero attached hydrogens (tertiary/aromatic N) is 3. The first-order valence-electron chi connectivity index (χ1n) is 9.17. The molecule has 2 aliphatic heterocycles. The predicted octanol–water partition coefficient (Wildman–Crippen LogP) is 0.601. The standard InChI is InChI=1S/C19H25FN4O3/c1-2-23-18(26)16(15(25)12-22-9-3-4-10-22)17(21)24(19(23)27)11-13-5-7-14(20)8-6-13/h5-8,19,27H,2-4,9-12,21H2,1H3. The smallest absolute Gasteiger partial charge is 0.264 e. The Bertz CT molecular complexity index is 744. The van der Waals surface area contributed by atoms with Crippen molar-refractivity contribution in [2.24, 2.45) is 5.73 Å². The summed E-state index contributed by atoms with van der Waals surface area (Å²) in [6.45, 7) is 3.89. The minimum atomic E-state index is -1.28.